The van der Waals surface area contributed by atoms with Crippen LogP contribution in [0.3, 0.4) is 0 Å². The van der Waals surface area contributed by atoms with Crippen LogP contribution in [0.5, 0.6) is 0 Å². The van der Waals surface area contributed by atoms with Gasteiger partial charge in [0.15, 0.2) is 0 Å². The van der Waals surface area contributed by atoms with Gasteiger partial charge in [-0.25, -0.2) is 0 Å². The first kappa shape index (κ1) is 14.7. The number of rotatable bonds is 5. The van der Waals surface area contributed by atoms with Crippen molar-refractivity contribution in [2.75, 3.05) is 19.6 Å². The fourth-order valence-electron chi connectivity index (χ4n) is 1.98. The highest BCUT2D eigenvalue weighted by atomic mass is 79.9. The Balaban J connectivity index is 0.00000196. The van der Waals surface area contributed by atoms with Crippen molar-refractivity contribution < 1.29 is 21.5 Å². The lowest BCUT2D eigenvalue weighted by atomic mass is 10.2. The van der Waals surface area contributed by atoms with E-state index in [-0.39, 0.29) is 17.0 Å². The summed E-state index contributed by atoms with van der Waals surface area (Å²) in [6, 6.07) is 10.8. The smallest absolute Gasteiger partial charge is 0.104 e. The number of halogens is 1. The van der Waals surface area contributed by atoms with Gasteiger partial charge in [0.1, 0.15) is 6.54 Å². The highest BCUT2D eigenvalue weighted by molar-refractivity contribution is 5.13. The summed E-state index contributed by atoms with van der Waals surface area (Å²) < 4.78 is 1.20. The summed E-state index contributed by atoms with van der Waals surface area (Å²) in [6.07, 6.45) is 0. The fourth-order valence-corrected chi connectivity index (χ4v) is 1.98. The van der Waals surface area contributed by atoms with E-state index in [9.17, 15) is 0 Å². The average molecular weight is 272 g/mol. The third-order valence-corrected chi connectivity index (χ3v) is 3.37. The first-order chi connectivity index (χ1) is 6.76. The summed E-state index contributed by atoms with van der Waals surface area (Å²) in [4.78, 5) is 0. The molecule has 0 radical (unpaired) electrons. The first-order valence-electron chi connectivity index (χ1n) is 5.65. The van der Waals surface area contributed by atoms with Crippen molar-refractivity contribution in [2.24, 2.45) is 0 Å². The van der Waals surface area contributed by atoms with Crippen LogP contribution in [0.4, 0.5) is 0 Å². The summed E-state index contributed by atoms with van der Waals surface area (Å²) >= 11 is 0. The zero-order chi connectivity index (χ0) is 10.4. The van der Waals surface area contributed by atoms with Crippen molar-refractivity contribution in [3.05, 3.63) is 35.9 Å². The van der Waals surface area contributed by atoms with Gasteiger partial charge in [-0.1, -0.05) is 30.3 Å². The molecular weight excluding hydrogens is 250 g/mol. The molecule has 1 aromatic carbocycles. The van der Waals surface area contributed by atoms with Crippen LogP contribution in [0.1, 0.15) is 26.3 Å². The minimum atomic E-state index is 0. The monoisotopic (exact) mass is 271 g/mol. The lowest BCUT2D eigenvalue weighted by molar-refractivity contribution is -0.936. The van der Waals surface area contributed by atoms with Gasteiger partial charge in [-0.15, -0.1) is 0 Å². The van der Waals surface area contributed by atoms with E-state index in [1.807, 2.05) is 0 Å². The van der Waals surface area contributed by atoms with Crippen molar-refractivity contribution in [2.45, 2.75) is 27.3 Å². The van der Waals surface area contributed by atoms with Crippen LogP contribution in [0.2, 0.25) is 0 Å². The van der Waals surface area contributed by atoms with Crippen LogP contribution in [0.15, 0.2) is 30.3 Å². The van der Waals surface area contributed by atoms with E-state index < -0.39 is 0 Å². The Bertz CT molecular complexity index is 246. The van der Waals surface area contributed by atoms with E-state index in [0.29, 0.717) is 0 Å². The van der Waals surface area contributed by atoms with Crippen molar-refractivity contribution in [1.29, 1.82) is 0 Å². The standard InChI is InChI=1S/C13H22N.BrH/c1-4-14(5-2,6-3)12-13-10-8-7-9-11-13;/h7-11H,4-6,12H2,1-3H3;1H/q+1;/p-1. The second kappa shape index (κ2) is 7.02. The van der Waals surface area contributed by atoms with E-state index in [0.717, 1.165) is 0 Å². The molecule has 0 saturated carbocycles. The van der Waals surface area contributed by atoms with Crippen molar-refractivity contribution in [1.82, 2.24) is 0 Å². The molecule has 1 aromatic rings. The molecule has 0 bridgehead atoms. The van der Waals surface area contributed by atoms with Gasteiger partial charge < -0.3 is 21.5 Å². The predicted molar refractivity (Wildman–Crippen MR) is 62.0 cm³/mol. The number of hydrogen-bond acceptors (Lipinski definition) is 0. The van der Waals surface area contributed by atoms with Gasteiger partial charge in [0.25, 0.3) is 0 Å². The number of hydrogen-bond donors (Lipinski definition) is 0. The Morgan fingerprint density at radius 2 is 1.33 bits per heavy atom. The van der Waals surface area contributed by atoms with Crippen molar-refractivity contribution in [3.63, 3.8) is 0 Å². The predicted octanol–water partition coefficient (Wildman–Crippen LogP) is 0.0671. The number of benzene rings is 1. The zero-order valence-corrected chi connectivity index (χ0v) is 11.6. The molecule has 0 aliphatic heterocycles. The molecule has 0 spiro atoms. The van der Waals surface area contributed by atoms with E-state index in [4.69, 9.17) is 0 Å². The lowest BCUT2D eigenvalue weighted by Crippen LogP contribution is -3.00. The fraction of sp³-hybridized carbons (Fsp3) is 0.538. The van der Waals surface area contributed by atoms with Gasteiger partial charge >= 0.3 is 0 Å². The number of nitrogens with zero attached hydrogens (tertiary/aromatic N) is 1. The van der Waals surface area contributed by atoms with Gasteiger partial charge in [0, 0.05) is 5.56 Å². The first-order valence-corrected chi connectivity index (χ1v) is 5.65. The van der Waals surface area contributed by atoms with Gasteiger partial charge in [0.05, 0.1) is 19.6 Å². The molecule has 0 unspecified atom stereocenters. The molecule has 0 heterocycles. The molecule has 0 amide bonds. The van der Waals surface area contributed by atoms with Crippen LogP contribution in [0.25, 0.3) is 0 Å². The minimum absolute atomic E-state index is 0. The van der Waals surface area contributed by atoms with Gasteiger partial charge in [-0.3, -0.25) is 0 Å². The molecule has 15 heavy (non-hydrogen) atoms. The Kier molecular flexibility index (Phi) is 6.86. The minimum Gasteiger partial charge on any atom is -1.00 e. The zero-order valence-electron chi connectivity index (χ0n) is 10.0. The van der Waals surface area contributed by atoms with E-state index in [2.05, 4.69) is 51.1 Å². The maximum Gasteiger partial charge on any atom is 0.104 e. The summed E-state index contributed by atoms with van der Waals surface area (Å²) in [7, 11) is 0. The molecular formula is C13H22BrN. The van der Waals surface area contributed by atoms with Gasteiger partial charge in [0.2, 0.25) is 0 Å². The van der Waals surface area contributed by atoms with Crippen LogP contribution < -0.4 is 17.0 Å². The Hall–Kier alpha value is -0.340. The summed E-state index contributed by atoms with van der Waals surface area (Å²) in [5, 5.41) is 0. The molecule has 86 valence electrons. The Morgan fingerprint density at radius 1 is 0.867 bits per heavy atom. The van der Waals surface area contributed by atoms with Gasteiger partial charge in [-0.05, 0) is 20.8 Å². The number of quaternary nitrogens is 1. The molecule has 2 heteroatoms. The topological polar surface area (TPSA) is 0 Å². The second-order valence-electron chi connectivity index (χ2n) is 3.93. The average Bonchev–Trinajstić information content (AvgIpc) is 2.28. The maximum atomic E-state index is 2.29. The Morgan fingerprint density at radius 3 is 1.73 bits per heavy atom. The highest BCUT2D eigenvalue weighted by Crippen LogP contribution is 2.13. The molecule has 0 N–H and O–H groups in total. The summed E-state index contributed by atoms with van der Waals surface area (Å²) in [5.41, 5.74) is 1.46. The summed E-state index contributed by atoms with van der Waals surface area (Å²) in [6.45, 7) is 11.7. The van der Waals surface area contributed by atoms with Crippen molar-refractivity contribution >= 4 is 0 Å². The molecule has 1 nitrogen and oxygen atoms in total. The molecule has 0 saturated heterocycles. The summed E-state index contributed by atoms with van der Waals surface area (Å²) in [5.74, 6) is 0. The Labute approximate surface area is 104 Å². The quantitative estimate of drug-likeness (QED) is 0.665. The van der Waals surface area contributed by atoms with Crippen LogP contribution >= 0.6 is 0 Å². The molecule has 0 aliphatic rings. The van der Waals surface area contributed by atoms with Crippen LogP contribution in [-0.2, 0) is 6.54 Å². The SMILES string of the molecule is CC[N+](CC)(CC)Cc1ccccc1.[Br-]. The molecule has 0 atom stereocenters. The molecule has 1 rings (SSSR count). The van der Waals surface area contributed by atoms with Crippen LogP contribution in [0, 0.1) is 0 Å². The van der Waals surface area contributed by atoms with Crippen LogP contribution in [-0.4, -0.2) is 24.1 Å². The van der Waals surface area contributed by atoms with E-state index in [1.54, 1.807) is 0 Å². The molecule has 0 aliphatic carbocycles. The van der Waals surface area contributed by atoms with Gasteiger partial charge in [-0.2, -0.15) is 0 Å². The van der Waals surface area contributed by atoms with Crippen molar-refractivity contribution in [3.8, 4) is 0 Å². The highest BCUT2D eigenvalue weighted by Gasteiger charge is 2.20. The second-order valence-corrected chi connectivity index (χ2v) is 3.93. The third kappa shape index (κ3) is 3.96. The largest absolute Gasteiger partial charge is 1.00 e. The normalized spacial score (nSPS) is 10.9. The lowest BCUT2D eigenvalue weighted by Gasteiger charge is -2.35. The van der Waals surface area contributed by atoms with E-state index >= 15 is 0 Å². The molecule has 0 aromatic heterocycles. The molecule has 0 fully saturated rings. The maximum absolute atomic E-state index is 2.29. The van der Waals surface area contributed by atoms with E-state index in [1.165, 1.54) is 36.2 Å². The third-order valence-electron chi connectivity index (χ3n) is 3.37.